The van der Waals surface area contributed by atoms with Gasteiger partial charge in [-0.2, -0.15) is 0 Å². The number of rotatable bonds is 3. The molecule has 0 radical (unpaired) electrons. The Morgan fingerprint density at radius 2 is 1.92 bits per heavy atom. The zero-order valence-electron chi connectivity index (χ0n) is 14.2. The largest absolute Gasteiger partial charge is 0.481 e. The Morgan fingerprint density at radius 3 is 2.62 bits per heavy atom. The minimum Gasteiger partial charge on any atom is -0.481 e. The molecule has 1 saturated heterocycles. The van der Waals surface area contributed by atoms with Gasteiger partial charge in [-0.3, -0.25) is 9.20 Å². The molecule has 1 aliphatic heterocycles. The van der Waals surface area contributed by atoms with Crippen LogP contribution in [0.5, 0.6) is 5.88 Å². The first-order valence-corrected chi connectivity index (χ1v) is 8.58. The quantitative estimate of drug-likeness (QED) is 0.697. The van der Waals surface area contributed by atoms with Crippen LogP contribution >= 0.6 is 11.6 Å². The summed E-state index contributed by atoms with van der Waals surface area (Å²) in [5.74, 6) is 1.19. The summed E-state index contributed by atoms with van der Waals surface area (Å²) in [6.07, 6.45) is 3.34. The number of ether oxygens (including phenoxy) is 1. The maximum absolute atomic E-state index is 12.6. The summed E-state index contributed by atoms with van der Waals surface area (Å²) in [5.41, 5.74) is 1.30. The molecule has 0 spiro atoms. The van der Waals surface area contributed by atoms with Crippen LogP contribution in [-0.4, -0.2) is 63.7 Å². The smallest absolute Gasteiger partial charge is 0.255 e. The standard InChI is InChI=1S/C17H17ClN6O2/c1-26-15-5-2-12(10-19-15)16(25)22-6-8-23(9-7-22)17-21-20-14-4-3-13(18)11-24(14)17/h2-5,10-11H,6-9H2,1H3. The molecule has 26 heavy (non-hydrogen) atoms. The average molecular weight is 373 g/mol. The SMILES string of the molecule is COc1ccc(C(=O)N2CCN(c3nnc4ccc(Cl)cn34)CC2)cn1. The summed E-state index contributed by atoms with van der Waals surface area (Å²) in [5, 5.41) is 9.05. The number of hydrogen-bond donors (Lipinski definition) is 0. The van der Waals surface area contributed by atoms with Gasteiger partial charge < -0.3 is 14.5 Å². The van der Waals surface area contributed by atoms with E-state index in [0.717, 1.165) is 11.6 Å². The number of anilines is 1. The van der Waals surface area contributed by atoms with Crippen molar-refractivity contribution in [3.8, 4) is 5.88 Å². The van der Waals surface area contributed by atoms with Gasteiger partial charge in [0.05, 0.1) is 17.7 Å². The van der Waals surface area contributed by atoms with E-state index in [1.807, 2.05) is 15.4 Å². The Hall–Kier alpha value is -2.87. The molecule has 134 valence electrons. The van der Waals surface area contributed by atoms with Crippen LogP contribution in [0.1, 0.15) is 10.4 Å². The zero-order chi connectivity index (χ0) is 18.1. The number of hydrogen-bond acceptors (Lipinski definition) is 6. The van der Waals surface area contributed by atoms with Crippen molar-refractivity contribution in [2.24, 2.45) is 0 Å². The second-order valence-electron chi connectivity index (χ2n) is 5.94. The molecule has 0 aromatic carbocycles. The van der Waals surface area contributed by atoms with Gasteiger partial charge in [-0.1, -0.05) is 11.6 Å². The minimum atomic E-state index is -0.0334. The number of methoxy groups -OCH3 is 1. The number of amides is 1. The van der Waals surface area contributed by atoms with Crippen LogP contribution < -0.4 is 9.64 Å². The number of aromatic nitrogens is 4. The lowest BCUT2D eigenvalue weighted by Gasteiger charge is -2.34. The molecule has 0 unspecified atom stereocenters. The summed E-state index contributed by atoms with van der Waals surface area (Å²) < 4.78 is 6.89. The molecule has 0 saturated carbocycles. The number of carbonyl (C=O) groups is 1. The van der Waals surface area contributed by atoms with E-state index in [-0.39, 0.29) is 5.91 Å². The monoisotopic (exact) mass is 372 g/mol. The van der Waals surface area contributed by atoms with Crippen molar-refractivity contribution in [3.63, 3.8) is 0 Å². The molecule has 4 rings (SSSR count). The summed E-state index contributed by atoms with van der Waals surface area (Å²) in [6.45, 7) is 2.53. The molecular formula is C17H17ClN6O2. The molecule has 3 aromatic rings. The molecule has 4 heterocycles. The first-order valence-electron chi connectivity index (χ1n) is 8.20. The molecule has 8 nitrogen and oxygen atoms in total. The van der Waals surface area contributed by atoms with Crippen molar-refractivity contribution in [3.05, 3.63) is 47.2 Å². The van der Waals surface area contributed by atoms with Crippen LogP contribution in [0.3, 0.4) is 0 Å². The fourth-order valence-electron chi connectivity index (χ4n) is 2.99. The highest BCUT2D eigenvalue weighted by Gasteiger charge is 2.25. The third-order valence-corrected chi connectivity index (χ3v) is 4.61. The normalized spacial score (nSPS) is 14.7. The number of halogens is 1. The molecule has 1 aliphatic rings. The van der Waals surface area contributed by atoms with E-state index in [9.17, 15) is 4.79 Å². The number of pyridine rings is 2. The lowest BCUT2D eigenvalue weighted by molar-refractivity contribution is 0.0745. The number of piperazine rings is 1. The Morgan fingerprint density at radius 1 is 1.12 bits per heavy atom. The van der Waals surface area contributed by atoms with Crippen molar-refractivity contribution in [1.82, 2.24) is 24.5 Å². The Balaban J connectivity index is 1.46. The van der Waals surface area contributed by atoms with E-state index in [0.29, 0.717) is 42.6 Å². The second-order valence-corrected chi connectivity index (χ2v) is 6.38. The van der Waals surface area contributed by atoms with Crippen LogP contribution in [-0.2, 0) is 0 Å². The van der Waals surface area contributed by atoms with Crippen LogP contribution in [0, 0.1) is 0 Å². The van der Waals surface area contributed by atoms with E-state index in [1.54, 1.807) is 37.7 Å². The first-order chi connectivity index (χ1) is 12.7. The third-order valence-electron chi connectivity index (χ3n) is 4.39. The summed E-state index contributed by atoms with van der Waals surface area (Å²) >= 11 is 6.08. The van der Waals surface area contributed by atoms with Gasteiger partial charge in [-0.25, -0.2) is 4.98 Å². The van der Waals surface area contributed by atoms with Gasteiger partial charge in [-0.15, -0.1) is 10.2 Å². The Kier molecular flexibility index (Phi) is 4.34. The molecule has 0 aliphatic carbocycles. The average Bonchev–Trinajstić information content (AvgIpc) is 3.10. The molecular weight excluding hydrogens is 356 g/mol. The molecule has 0 N–H and O–H groups in total. The summed E-state index contributed by atoms with van der Waals surface area (Å²) in [6, 6.07) is 7.04. The van der Waals surface area contributed by atoms with E-state index in [1.165, 1.54) is 0 Å². The van der Waals surface area contributed by atoms with E-state index >= 15 is 0 Å². The van der Waals surface area contributed by atoms with Gasteiger partial charge >= 0.3 is 0 Å². The lowest BCUT2D eigenvalue weighted by Crippen LogP contribution is -2.49. The van der Waals surface area contributed by atoms with E-state index in [2.05, 4.69) is 20.1 Å². The van der Waals surface area contributed by atoms with Crippen molar-refractivity contribution in [2.75, 3.05) is 38.2 Å². The van der Waals surface area contributed by atoms with E-state index < -0.39 is 0 Å². The molecule has 0 bridgehead atoms. The number of carbonyl (C=O) groups excluding carboxylic acids is 1. The van der Waals surface area contributed by atoms with Gasteiger partial charge in [0, 0.05) is 44.6 Å². The maximum atomic E-state index is 12.6. The van der Waals surface area contributed by atoms with Crippen LogP contribution in [0.4, 0.5) is 5.95 Å². The highest BCUT2D eigenvalue weighted by molar-refractivity contribution is 6.30. The number of fused-ring (bicyclic) bond motifs is 1. The maximum Gasteiger partial charge on any atom is 0.255 e. The second kappa shape index (κ2) is 6.80. The van der Waals surface area contributed by atoms with Gasteiger partial charge in [0.15, 0.2) is 5.65 Å². The number of nitrogens with zero attached hydrogens (tertiary/aromatic N) is 6. The first kappa shape index (κ1) is 16.6. The van der Waals surface area contributed by atoms with E-state index in [4.69, 9.17) is 16.3 Å². The Labute approximate surface area is 155 Å². The topological polar surface area (TPSA) is 75.9 Å². The predicted octanol–water partition coefficient (Wildman–Crippen LogP) is 1.75. The minimum absolute atomic E-state index is 0.0334. The lowest BCUT2D eigenvalue weighted by atomic mass is 10.2. The molecule has 9 heteroatoms. The highest BCUT2D eigenvalue weighted by atomic mass is 35.5. The molecule has 1 amide bonds. The fourth-order valence-corrected chi connectivity index (χ4v) is 3.15. The van der Waals surface area contributed by atoms with Crippen molar-refractivity contribution in [1.29, 1.82) is 0 Å². The Bertz CT molecular complexity index is 934. The van der Waals surface area contributed by atoms with Crippen LogP contribution in [0.2, 0.25) is 5.02 Å². The summed E-state index contributed by atoms with van der Waals surface area (Å²) in [4.78, 5) is 20.6. The highest BCUT2D eigenvalue weighted by Crippen LogP contribution is 2.19. The van der Waals surface area contributed by atoms with Gasteiger partial charge in [0.1, 0.15) is 0 Å². The third kappa shape index (κ3) is 3.03. The fraction of sp³-hybridized carbons (Fsp3) is 0.294. The molecule has 0 atom stereocenters. The summed E-state index contributed by atoms with van der Waals surface area (Å²) in [7, 11) is 1.55. The van der Waals surface area contributed by atoms with Crippen LogP contribution in [0.15, 0.2) is 36.7 Å². The van der Waals surface area contributed by atoms with Gasteiger partial charge in [0.25, 0.3) is 5.91 Å². The van der Waals surface area contributed by atoms with Crippen molar-refractivity contribution in [2.45, 2.75) is 0 Å². The zero-order valence-corrected chi connectivity index (χ0v) is 14.9. The van der Waals surface area contributed by atoms with Gasteiger partial charge in [0.2, 0.25) is 11.8 Å². The van der Waals surface area contributed by atoms with Crippen molar-refractivity contribution >= 4 is 29.1 Å². The predicted molar refractivity (Wildman–Crippen MR) is 96.9 cm³/mol. The molecule has 3 aromatic heterocycles. The van der Waals surface area contributed by atoms with Crippen LogP contribution in [0.25, 0.3) is 5.65 Å². The molecule has 1 fully saturated rings. The van der Waals surface area contributed by atoms with Crippen molar-refractivity contribution < 1.29 is 9.53 Å². The van der Waals surface area contributed by atoms with Gasteiger partial charge in [-0.05, 0) is 18.2 Å².